The number of primary amides is 1. The molecule has 22 heavy (non-hydrogen) atoms. The van der Waals surface area contributed by atoms with Crippen LogP contribution in [-0.4, -0.2) is 18.3 Å². The van der Waals surface area contributed by atoms with Crippen molar-refractivity contribution in [2.45, 2.75) is 64.4 Å². The number of benzene rings is 1. The van der Waals surface area contributed by atoms with Gasteiger partial charge in [0.1, 0.15) is 5.60 Å². The van der Waals surface area contributed by atoms with E-state index < -0.39 is 11.7 Å². The van der Waals surface area contributed by atoms with Crippen molar-refractivity contribution in [2.75, 3.05) is 6.61 Å². The van der Waals surface area contributed by atoms with Crippen LogP contribution in [-0.2, 0) is 8.92 Å². The molecule has 1 aromatic rings. The fourth-order valence-electron chi connectivity index (χ4n) is 1.42. The summed E-state index contributed by atoms with van der Waals surface area (Å²) in [6.45, 7) is 10.4. The number of nitrogens with two attached hydrogens (primary N) is 1. The number of aryl methyl sites for hydroxylation is 1. The Bertz CT molecular complexity index is 413. The lowest BCUT2D eigenvalue weighted by atomic mass is 10.2. The van der Waals surface area contributed by atoms with Gasteiger partial charge in [-0.15, -0.1) is 0 Å². The molecule has 0 saturated carbocycles. The van der Waals surface area contributed by atoms with Crippen LogP contribution in [0.15, 0.2) is 29.2 Å². The van der Waals surface area contributed by atoms with Crippen molar-refractivity contribution >= 4 is 18.1 Å². The molecule has 0 unspecified atom stereocenters. The summed E-state index contributed by atoms with van der Waals surface area (Å²) in [5, 5.41) is 0. The van der Waals surface area contributed by atoms with Crippen LogP contribution in [0.2, 0.25) is 0 Å². The van der Waals surface area contributed by atoms with Crippen LogP contribution in [0.25, 0.3) is 0 Å². The number of amides is 1. The van der Waals surface area contributed by atoms with Crippen molar-refractivity contribution in [1.29, 1.82) is 0 Å². The van der Waals surface area contributed by atoms with Crippen molar-refractivity contribution < 1.29 is 13.7 Å². The van der Waals surface area contributed by atoms with Gasteiger partial charge in [-0.2, -0.15) is 0 Å². The molecule has 0 aliphatic carbocycles. The Morgan fingerprint density at radius 3 is 2.18 bits per heavy atom. The number of carbonyl (C=O) groups excluding carboxylic acids is 1. The summed E-state index contributed by atoms with van der Waals surface area (Å²) in [6.07, 6.45) is 2.94. The highest BCUT2D eigenvalue weighted by molar-refractivity contribution is 7.94. The first-order valence-electron chi connectivity index (χ1n) is 7.59. The van der Waals surface area contributed by atoms with E-state index in [-0.39, 0.29) is 0 Å². The van der Waals surface area contributed by atoms with Crippen LogP contribution in [0.3, 0.4) is 0 Å². The molecule has 1 aromatic carbocycles. The van der Waals surface area contributed by atoms with E-state index in [0.717, 1.165) is 13.0 Å². The zero-order chi connectivity index (χ0) is 17.0. The van der Waals surface area contributed by atoms with Gasteiger partial charge in [0.2, 0.25) is 0 Å². The van der Waals surface area contributed by atoms with Crippen LogP contribution in [0.5, 0.6) is 0 Å². The van der Waals surface area contributed by atoms with E-state index in [4.69, 9.17) is 9.92 Å². The highest BCUT2D eigenvalue weighted by Gasteiger charge is 2.12. The van der Waals surface area contributed by atoms with Gasteiger partial charge < -0.3 is 14.7 Å². The molecule has 0 aliphatic heterocycles. The van der Waals surface area contributed by atoms with Gasteiger partial charge >= 0.3 is 6.09 Å². The SMILES string of the molecule is CC(C)(C)OC(N)=O.CCCCCOSc1ccc(C)cc1. The first-order chi connectivity index (χ1) is 10.2. The molecule has 0 radical (unpaired) electrons. The van der Waals surface area contributed by atoms with E-state index in [1.165, 1.54) is 35.3 Å². The molecule has 0 heterocycles. The van der Waals surface area contributed by atoms with Crippen molar-refractivity contribution in [3.8, 4) is 0 Å². The Hall–Kier alpha value is -1.20. The molecule has 0 aromatic heterocycles. The lowest BCUT2D eigenvalue weighted by Gasteiger charge is -2.16. The van der Waals surface area contributed by atoms with Gasteiger partial charge in [0, 0.05) is 16.9 Å². The molecule has 0 aliphatic rings. The number of carbonyl (C=O) groups is 1. The Labute approximate surface area is 139 Å². The van der Waals surface area contributed by atoms with Gasteiger partial charge in [0.15, 0.2) is 0 Å². The maximum atomic E-state index is 10.0. The molecule has 0 fully saturated rings. The second-order valence-corrected chi connectivity index (χ2v) is 6.83. The molecule has 0 spiro atoms. The summed E-state index contributed by atoms with van der Waals surface area (Å²) < 4.78 is 10.1. The third-order valence-corrected chi connectivity index (χ3v) is 3.16. The predicted molar refractivity (Wildman–Crippen MR) is 92.9 cm³/mol. The molecule has 0 bridgehead atoms. The molecule has 126 valence electrons. The number of hydrogen-bond donors (Lipinski definition) is 1. The fourth-order valence-corrected chi connectivity index (χ4v) is 2.00. The van der Waals surface area contributed by atoms with Crippen molar-refractivity contribution in [3.63, 3.8) is 0 Å². The molecule has 1 rings (SSSR count). The largest absolute Gasteiger partial charge is 0.444 e. The monoisotopic (exact) mass is 327 g/mol. The van der Waals surface area contributed by atoms with Crippen LogP contribution >= 0.6 is 12.0 Å². The third kappa shape index (κ3) is 13.8. The molecule has 5 heteroatoms. The summed E-state index contributed by atoms with van der Waals surface area (Å²) in [5.41, 5.74) is 5.56. The van der Waals surface area contributed by atoms with E-state index in [0.29, 0.717) is 0 Å². The summed E-state index contributed by atoms with van der Waals surface area (Å²) in [6, 6.07) is 8.41. The van der Waals surface area contributed by atoms with Crippen molar-refractivity contribution in [2.24, 2.45) is 5.73 Å². The summed E-state index contributed by atoms with van der Waals surface area (Å²) in [7, 11) is 0. The molecule has 0 atom stereocenters. The quantitative estimate of drug-likeness (QED) is 0.584. The van der Waals surface area contributed by atoms with Gasteiger partial charge in [-0.25, -0.2) is 4.79 Å². The number of ether oxygens (including phenoxy) is 1. The lowest BCUT2D eigenvalue weighted by Crippen LogP contribution is -2.27. The molecule has 0 saturated heterocycles. The van der Waals surface area contributed by atoms with E-state index in [9.17, 15) is 4.79 Å². The van der Waals surface area contributed by atoms with E-state index >= 15 is 0 Å². The zero-order valence-electron chi connectivity index (χ0n) is 14.3. The van der Waals surface area contributed by atoms with Gasteiger partial charge in [0.05, 0.1) is 6.61 Å². The lowest BCUT2D eigenvalue weighted by molar-refractivity contribution is 0.0600. The van der Waals surface area contributed by atoms with Crippen molar-refractivity contribution in [3.05, 3.63) is 29.8 Å². The summed E-state index contributed by atoms with van der Waals surface area (Å²) in [4.78, 5) is 11.2. The first kappa shape index (κ1) is 20.8. The molecular formula is C17H29NO3S. The highest BCUT2D eigenvalue weighted by Crippen LogP contribution is 2.19. The fraction of sp³-hybridized carbons (Fsp3) is 0.588. The van der Waals surface area contributed by atoms with Gasteiger partial charge in [0.25, 0.3) is 0 Å². The number of rotatable bonds is 6. The third-order valence-electron chi connectivity index (χ3n) is 2.41. The topological polar surface area (TPSA) is 61.5 Å². The zero-order valence-corrected chi connectivity index (χ0v) is 15.2. The maximum Gasteiger partial charge on any atom is 0.405 e. The Morgan fingerprint density at radius 1 is 1.18 bits per heavy atom. The van der Waals surface area contributed by atoms with E-state index in [1.807, 2.05) is 0 Å². The molecular weight excluding hydrogens is 298 g/mol. The maximum absolute atomic E-state index is 10.0. The smallest absolute Gasteiger partial charge is 0.405 e. The van der Waals surface area contributed by atoms with E-state index in [1.54, 1.807) is 20.8 Å². The second-order valence-electron chi connectivity index (χ2n) is 5.96. The van der Waals surface area contributed by atoms with Crippen molar-refractivity contribution in [1.82, 2.24) is 0 Å². The van der Waals surface area contributed by atoms with Gasteiger partial charge in [-0.05, 0) is 46.2 Å². The first-order valence-corrected chi connectivity index (χ1v) is 8.33. The average molecular weight is 327 g/mol. The highest BCUT2D eigenvalue weighted by atomic mass is 32.2. The minimum absolute atomic E-state index is 0.453. The number of unbranched alkanes of at least 4 members (excludes halogenated alkanes) is 2. The molecule has 4 nitrogen and oxygen atoms in total. The Balaban J connectivity index is 0.000000472. The standard InChI is InChI=1S/C12H18OS.C5H11NO2/c1-3-4-5-10-13-14-12-8-6-11(2)7-9-12;1-5(2,3)8-4(6)7/h6-9H,3-5,10H2,1-2H3;1-3H3,(H2,6,7). The second kappa shape index (κ2) is 11.4. The van der Waals surface area contributed by atoms with Crippen LogP contribution in [0.1, 0.15) is 52.5 Å². The van der Waals surface area contributed by atoms with Crippen LogP contribution < -0.4 is 5.73 Å². The van der Waals surface area contributed by atoms with Crippen LogP contribution in [0, 0.1) is 6.92 Å². The Morgan fingerprint density at radius 2 is 1.77 bits per heavy atom. The number of hydrogen-bond acceptors (Lipinski definition) is 4. The normalized spacial score (nSPS) is 10.6. The summed E-state index contributed by atoms with van der Waals surface area (Å²) in [5.74, 6) is 0. The van der Waals surface area contributed by atoms with Gasteiger partial charge in [-0.1, -0.05) is 37.5 Å². The van der Waals surface area contributed by atoms with Gasteiger partial charge in [-0.3, -0.25) is 0 Å². The average Bonchev–Trinajstić information content (AvgIpc) is 2.38. The van der Waals surface area contributed by atoms with E-state index in [2.05, 4.69) is 42.8 Å². The minimum atomic E-state index is -0.725. The molecule has 1 amide bonds. The molecule has 2 N–H and O–H groups in total. The Kier molecular flexibility index (Phi) is 10.8. The summed E-state index contributed by atoms with van der Waals surface area (Å²) >= 11 is 1.48. The van der Waals surface area contributed by atoms with Crippen LogP contribution in [0.4, 0.5) is 4.79 Å². The predicted octanol–water partition coefficient (Wildman–Crippen LogP) is 5.09. The minimum Gasteiger partial charge on any atom is -0.444 e.